The maximum Gasteiger partial charge on any atom is 0.260 e. The third-order valence-corrected chi connectivity index (χ3v) is 15.3. The van der Waals surface area contributed by atoms with E-state index in [1.807, 2.05) is 0 Å². The number of ether oxygens (including phenoxy) is 2. The molecule has 0 unspecified atom stereocenters. The molecule has 6 heteroatoms. The normalized spacial score (nSPS) is 12.6. The van der Waals surface area contributed by atoms with Gasteiger partial charge in [0, 0.05) is 61.3 Å². The van der Waals surface area contributed by atoms with Gasteiger partial charge in [-0.3, -0.25) is 0 Å². The van der Waals surface area contributed by atoms with Crippen molar-refractivity contribution in [1.29, 1.82) is 0 Å². The van der Waals surface area contributed by atoms with Gasteiger partial charge < -0.3 is 23.2 Å². The van der Waals surface area contributed by atoms with E-state index in [2.05, 4.69) is 256 Å². The molecule has 5 nitrogen and oxygen atoms in total. The van der Waals surface area contributed by atoms with Gasteiger partial charge in [0.1, 0.15) is 23.0 Å². The largest absolute Gasteiger partial charge is 0.458 e. The minimum absolute atomic E-state index is 0.140. The van der Waals surface area contributed by atoms with Crippen LogP contribution in [0.3, 0.4) is 0 Å². The van der Waals surface area contributed by atoms with Crippen molar-refractivity contribution in [3.8, 4) is 62.3 Å². The van der Waals surface area contributed by atoms with Gasteiger partial charge in [0.25, 0.3) is 6.71 Å². The Morgan fingerprint density at radius 2 is 0.625 bits per heavy atom. The molecule has 0 aliphatic carbocycles. The molecular formula is C66H40BN3O2. The zero-order chi connectivity index (χ0) is 47.0. The van der Waals surface area contributed by atoms with E-state index in [1.54, 1.807) is 0 Å². The van der Waals surface area contributed by atoms with Crippen molar-refractivity contribution in [1.82, 2.24) is 13.7 Å². The lowest BCUT2D eigenvalue weighted by atomic mass is 9.34. The van der Waals surface area contributed by atoms with Crippen LogP contribution < -0.4 is 25.9 Å². The predicted molar refractivity (Wildman–Crippen MR) is 298 cm³/mol. The van der Waals surface area contributed by atoms with Crippen molar-refractivity contribution in [2.45, 2.75) is 0 Å². The minimum Gasteiger partial charge on any atom is -0.458 e. The highest BCUT2D eigenvalue weighted by molar-refractivity contribution is 6.98. The summed E-state index contributed by atoms with van der Waals surface area (Å²) in [4.78, 5) is 0. The van der Waals surface area contributed by atoms with E-state index in [1.165, 1.54) is 43.4 Å². The number of aromatic nitrogens is 3. The summed E-state index contributed by atoms with van der Waals surface area (Å²) in [5.74, 6) is 3.27. The van der Waals surface area contributed by atoms with Crippen molar-refractivity contribution in [3.63, 3.8) is 0 Å². The molecule has 0 spiro atoms. The summed E-state index contributed by atoms with van der Waals surface area (Å²) in [7, 11) is 0. The van der Waals surface area contributed by atoms with E-state index in [4.69, 9.17) is 9.47 Å². The van der Waals surface area contributed by atoms with Gasteiger partial charge in [-0.25, -0.2) is 0 Å². The van der Waals surface area contributed by atoms with Crippen LogP contribution in [0.25, 0.3) is 105 Å². The zero-order valence-electron chi connectivity index (χ0n) is 38.8. The molecule has 0 saturated carbocycles. The molecule has 0 amide bonds. The summed E-state index contributed by atoms with van der Waals surface area (Å²) in [5.41, 5.74) is 17.9. The fourth-order valence-electron chi connectivity index (χ4n) is 12.3. The molecular weight excluding hydrogens is 878 g/mol. The summed E-state index contributed by atoms with van der Waals surface area (Å²) in [6.07, 6.45) is 0. The summed E-state index contributed by atoms with van der Waals surface area (Å²) < 4.78 is 21.9. The summed E-state index contributed by atoms with van der Waals surface area (Å²) >= 11 is 0. The molecule has 2 aliphatic heterocycles. The fraction of sp³-hybridized carbons (Fsp3) is 0. The van der Waals surface area contributed by atoms with Crippen LogP contribution in [0.4, 0.5) is 0 Å². The molecule has 3 aromatic heterocycles. The number of hydrogen-bond donors (Lipinski definition) is 0. The number of rotatable bonds is 5. The second-order valence-electron chi connectivity index (χ2n) is 19.1. The first-order valence-electron chi connectivity index (χ1n) is 24.7. The second-order valence-corrected chi connectivity index (χ2v) is 19.1. The smallest absolute Gasteiger partial charge is 0.260 e. The average molecular weight is 918 g/mol. The fourth-order valence-corrected chi connectivity index (χ4v) is 12.3. The van der Waals surface area contributed by atoms with Crippen molar-refractivity contribution in [2.75, 3.05) is 0 Å². The van der Waals surface area contributed by atoms with Gasteiger partial charge in [0.05, 0.1) is 38.8 Å². The lowest BCUT2D eigenvalue weighted by molar-refractivity contribution is 0.464. The number of benzene rings is 11. The molecule has 0 radical (unpaired) electrons. The summed E-state index contributed by atoms with van der Waals surface area (Å²) in [6.45, 7) is -0.140. The van der Waals surface area contributed by atoms with Crippen LogP contribution in [0.2, 0.25) is 0 Å². The van der Waals surface area contributed by atoms with Crippen LogP contribution in [-0.4, -0.2) is 20.4 Å². The Bertz CT molecular complexity index is 4370. The topological polar surface area (TPSA) is 33.2 Å². The predicted octanol–water partition coefficient (Wildman–Crippen LogP) is 15.0. The lowest BCUT2D eigenvalue weighted by Crippen LogP contribution is -2.57. The van der Waals surface area contributed by atoms with Crippen LogP contribution in [0.15, 0.2) is 243 Å². The van der Waals surface area contributed by atoms with E-state index in [0.29, 0.717) is 0 Å². The van der Waals surface area contributed by atoms with Gasteiger partial charge in [-0.1, -0.05) is 176 Å². The van der Waals surface area contributed by atoms with Gasteiger partial charge in [0.15, 0.2) is 0 Å². The first-order valence-corrected chi connectivity index (χ1v) is 24.7. The standard InChI is InChI=1S/C66H40BN3O2/c1-5-19-41(20-6-1)43-33-35-56-51(37-43)67-52-38-44(42-21-7-2-8-22-42)34-36-57(52)72-59-40-47(39-58(71-56)63(59)67)70-55-32-18-15-29-50(55)62-65-60(48-27-13-16-30-53(48)68(65)45-23-9-3-10-24-45)64-61(66(62)70)49-28-14-17-31-54(49)69(64)46-25-11-4-12-26-46/h1-40H. The second kappa shape index (κ2) is 15.0. The Balaban J connectivity index is 1.05. The summed E-state index contributed by atoms with van der Waals surface area (Å²) in [6, 6.07) is 87.6. The van der Waals surface area contributed by atoms with Crippen LogP contribution in [0.5, 0.6) is 23.0 Å². The molecule has 334 valence electrons. The van der Waals surface area contributed by atoms with Crippen molar-refractivity contribution < 1.29 is 9.47 Å². The molecule has 0 bridgehead atoms. The molecule has 2 aliphatic rings. The van der Waals surface area contributed by atoms with E-state index >= 15 is 0 Å². The van der Waals surface area contributed by atoms with E-state index in [0.717, 1.165) is 101 Å². The molecule has 11 aromatic carbocycles. The maximum absolute atomic E-state index is 7.21. The number of hydrogen-bond acceptors (Lipinski definition) is 2. The zero-order valence-corrected chi connectivity index (χ0v) is 38.8. The van der Waals surface area contributed by atoms with E-state index in [9.17, 15) is 0 Å². The Morgan fingerprint density at radius 3 is 1.03 bits per heavy atom. The average Bonchev–Trinajstić information content (AvgIpc) is 4.10. The molecule has 16 rings (SSSR count). The molecule has 0 fully saturated rings. The van der Waals surface area contributed by atoms with Crippen LogP contribution >= 0.6 is 0 Å². The van der Waals surface area contributed by atoms with Crippen LogP contribution in [-0.2, 0) is 0 Å². The minimum atomic E-state index is -0.140. The lowest BCUT2D eigenvalue weighted by Gasteiger charge is -2.34. The van der Waals surface area contributed by atoms with Gasteiger partial charge >= 0.3 is 0 Å². The van der Waals surface area contributed by atoms with Crippen molar-refractivity contribution in [2.24, 2.45) is 0 Å². The van der Waals surface area contributed by atoms with Crippen molar-refractivity contribution in [3.05, 3.63) is 243 Å². The molecule has 72 heavy (non-hydrogen) atoms. The SMILES string of the molecule is c1ccc(-c2ccc3c(c2)B2c4cc(-c5ccccc5)ccc4Oc4cc(-n5c6ccccc6c6c7c(c8ccccc8n7-c7ccccc7)c7c(c8ccccc8n7-c7ccccc7)c65)cc(c42)O3)cc1. The quantitative estimate of drug-likeness (QED) is 0.161. The molecule has 5 heterocycles. The highest BCUT2D eigenvalue weighted by atomic mass is 16.5. The first kappa shape index (κ1) is 39.3. The Kier molecular flexibility index (Phi) is 8.19. The molecule has 0 atom stereocenters. The van der Waals surface area contributed by atoms with Crippen LogP contribution in [0, 0.1) is 0 Å². The van der Waals surface area contributed by atoms with Gasteiger partial charge in [-0.15, -0.1) is 0 Å². The number of fused-ring (bicyclic) bond motifs is 16. The van der Waals surface area contributed by atoms with E-state index < -0.39 is 0 Å². The Morgan fingerprint density at radius 1 is 0.278 bits per heavy atom. The monoisotopic (exact) mass is 917 g/mol. The van der Waals surface area contributed by atoms with Gasteiger partial charge in [-0.2, -0.15) is 0 Å². The first-order chi connectivity index (χ1) is 35.7. The Hall–Kier alpha value is -9.52. The number of nitrogens with zero attached hydrogens (tertiary/aromatic N) is 3. The van der Waals surface area contributed by atoms with E-state index in [-0.39, 0.29) is 6.71 Å². The van der Waals surface area contributed by atoms with Crippen LogP contribution in [0.1, 0.15) is 0 Å². The molecule has 0 N–H and O–H groups in total. The summed E-state index contributed by atoms with van der Waals surface area (Å²) in [5, 5.41) is 7.14. The molecule has 14 aromatic rings. The molecule has 0 saturated heterocycles. The Labute approximate surface area is 414 Å². The van der Waals surface area contributed by atoms with Gasteiger partial charge in [-0.05, 0) is 87.8 Å². The maximum atomic E-state index is 7.21. The third kappa shape index (κ3) is 5.49. The number of para-hydroxylation sites is 5. The van der Waals surface area contributed by atoms with Gasteiger partial charge in [0.2, 0.25) is 0 Å². The highest BCUT2D eigenvalue weighted by Crippen LogP contribution is 2.51. The van der Waals surface area contributed by atoms with Crippen molar-refractivity contribution >= 4 is 88.5 Å². The highest BCUT2D eigenvalue weighted by Gasteiger charge is 2.41. The third-order valence-electron chi connectivity index (χ3n) is 15.3.